The smallest absolute Gasteiger partial charge is 0.250 e. The largest absolute Gasteiger partial charge is 0.313 e. The van der Waals surface area contributed by atoms with Gasteiger partial charge in [0, 0.05) is 23.1 Å². The van der Waals surface area contributed by atoms with Crippen LogP contribution in [0.4, 0.5) is 4.39 Å². The summed E-state index contributed by atoms with van der Waals surface area (Å²) in [6.07, 6.45) is 1.49. The minimum Gasteiger partial charge on any atom is -0.313 e. The van der Waals surface area contributed by atoms with E-state index in [-0.39, 0.29) is 12.0 Å². The second-order valence-electron chi connectivity index (χ2n) is 3.28. The molecule has 0 spiro atoms. The molecule has 0 amide bonds. The van der Waals surface area contributed by atoms with Gasteiger partial charge in [0.2, 0.25) is 0 Å². The Morgan fingerprint density at radius 3 is 2.94 bits per heavy atom. The van der Waals surface area contributed by atoms with Gasteiger partial charge in [-0.25, -0.2) is 9.37 Å². The molecule has 0 saturated heterocycles. The third-order valence-corrected chi connectivity index (χ3v) is 2.51. The molecule has 1 aromatic carbocycles. The Hall–Kier alpha value is -1.68. The van der Waals surface area contributed by atoms with E-state index in [4.69, 9.17) is 11.6 Å². The Bertz CT molecular complexity index is 548. The first-order valence-electron chi connectivity index (χ1n) is 4.63. The van der Waals surface area contributed by atoms with Gasteiger partial charge in [-0.15, -0.1) is 0 Å². The number of benzene rings is 1. The van der Waals surface area contributed by atoms with Crippen LogP contribution >= 0.6 is 11.6 Å². The Kier molecular flexibility index (Phi) is 3.01. The molecule has 0 unspecified atom stereocenters. The number of aromatic amines is 1. The van der Waals surface area contributed by atoms with Crippen molar-refractivity contribution in [3.8, 4) is 0 Å². The predicted octanol–water partition coefficient (Wildman–Crippen LogP) is 2.15. The SMILES string of the molecule is O=c1cc(Cc2c(F)cccc2Cl)nc[nH]1. The topological polar surface area (TPSA) is 45.8 Å². The highest BCUT2D eigenvalue weighted by atomic mass is 35.5. The fourth-order valence-corrected chi connectivity index (χ4v) is 1.62. The summed E-state index contributed by atoms with van der Waals surface area (Å²) in [6, 6.07) is 5.79. The molecule has 0 radical (unpaired) electrons. The molecule has 3 nitrogen and oxygen atoms in total. The van der Waals surface area contributed by atoms with Gasteiger partial charge in [-0.3, -0.25) is 4.79 Å². The number of rotatable bonds is 2. The fourth-order valence-electron chi connectivity index (χ4n) is 1.39. The van der Waals surface area contributed by atoms with Crippen molar-refractivity contribution in [2.24, 2.45) is 0 Å². The van der Waals surface area contributed by atoms with Crippen molar-refractivity contribution in [2.45, 2.75) is 6.42 Å². The van der Waals surface area contributed by atoms with Gasteiger partial charge < -0.3 is 4.98 Å². The molecule has 0 bridgehead atoms. The second kappa shape index (κ2) is 4.45. The van der Waals surface area contributed by atoms with Crippen LogP contribution in [0.5, 0.6) is 0 Å². The Morgan fingerprint density at radius 2 is 2.25 bits per heavy atom. The summed E-state index contributed by atoms with van der Waals surface area (Å²) in [5, 5.41) is 0.335. The number of aromatic nitrogens is 2. The Balaban J connectivity index is 2.38. The van der Waals surface area contributed by atoms with E-state index in [1.165, 1.54) is 24.5 Å². The number of nitrogens with one attached hydrogen (secondary N) is 1. The first-order valence-corrected chi connectivity index (χ1v) is 5.01. The summed E-state index contributed by atoms with van der Waals surface area (Å²) in [7, 11) is 0. The second-order valence-corrected chi connectivity index (χ2v) is 3.69. The number of H-pyrrole nitrogens is 1. The minimum atomic E-state index is -0.394. The summed E-state index contributed by atoms with van der Waals surface area (Å²) in [5.74, 6) is -0.394. The van der Waals surface area contributed by atoms with Crippen molar-refractivity contribution in [3.05, 3.63) is 63.0 Å². The predicted molar refractivity (Wildman–Crippen MR) is 59.1 cm³/mol. The molecule has 16 heavy (non-hydrogen) atoms. The van der Waals surface area contributed by atoms with Gasteiger partial charge in [0.15, 0.2) is 0 Å². The van der Waals surface area contributed by atoms with E-state index < -0.39 is 5.82 Å². The molecule has 1 aromatic heterocycles. The quantitative estimate of drug-likeness (QED) is 0.872. The van der Waals surface area contributed by atoms with E-state index in [2.05, 4.69) is 9.97 Å². The Morgan fingerprint density at radius 1 is 1.44 bits per heavy atom. The molecule has 0 aliphatic heterocycles. The zero-order valence-corrected chi connectivity index (χ0v) is 8.96. The standard InChI is InChI=1S/C11H8ClFN2O/c12-9-2-1-3-10(13)8(9)4-7-5-11(16)15-6-14-7/h1-3,5-6H,4H2,(H,14,15,16). The van der Waals surface area contributed by atoms with Crippen LogP contribution in [0.25, 0.3) is 0 Å². The lowest BCUT2D eigenvalue weighted by molar-refractivity contribution is 0.613. The molecule has 0 fully saturated rings. The average molecular weight is 239 g/mol. The van der Waals surface area contributed by atoms with Gasteiger partial charge in [-0.05, 0) is 12.1 Å². The molecule has 2 rings (SSSR count). The summed E-state index contributed by atoms with van der Waals surface area (Å²) in [4.78, 5) is 17.4. The maximum atomic E-state index is 13.4. The Labute approximate surface area is 95.9 Å². The van der Waals surface area contributed by atoms with Crippen molar-refractivity contribution in [1.82, 2.24) is 9.97 Å². The summed E-state index contributed by atoms with van der Waals surface area (Å²) < 4.78 is 13.4. The van der Waals surface area contributed by atoms with Crippen LogP contribution in [0.2, 0.25) is 5.02 Å². The number of hydrogen-bond donors (Lipinski definition) is 1. The highest BCUT2D eigenvalue weighted by molar-refractivity contribution is 6.31. The molecule has 1 heterocycles. The molecule has 0 aliphatic rings. The average Bonchev–Trinajstić information content (AvgIpc) is 2.24. The van der Waals surface area contributed by atoms with Crippen molar-refractivity contribution in [2.75, 3.05) is 0 Å². The lowest BCUT2D eigenvalue weighted by atomic mass is 10.1. The van der Waals surface area contributed by atoms with Crippen LogP contribution in [-0.4, -0.2) is 9.97 Å². The monoisotopic (exact) mass is 238 g/mol. The van der Waals surface area contributed by atoms with E-state index in [0.29, 0.717) is 16.3 Å². The maximum absolute atomic E-state index is 13.4. The van der Waals surface area contributed by atoms with Crippen molar-refractivity contribution in [1.29, 1.82) is 0 Å². The van der Waals surface area contributed by atoms with E-state index in [0.717, 1.165) is 0 Å². The van der Waals surface area contributed by atoms with Crippen LogP contribution < -0.4 is 5.56 Å². The van der Waals surface area contributed by atoms with Gasteiger partial charge in [0.05, 0.1) is 12.0 Å². The van der Waals surface area contributed by atoms with Crippen LogP contribution in [0, 0.1) is 5.82 Å². The molecule has 0 atom stereocenters. The molecule has 1 N–H and O–H groups in total. The molecular weight excluding hydrogens is 231 g/mol. The third-order valence-electron chi connectivity index (χ3n) is 2.15. The van der Waals surface area contributed by atoms with Crippen LogP contribution in [-0.2, 0) is 6.42 Å². The lowest BCUT2D eigenvalue weighted by Gasteiger charge is -2.04. The third kappa shape index (κ3) is 2.28. The van der Waals surface area contributed by atoms with E-state index >= 15 is 0 Å². The van der Waals surface area contributed by atoms with Gasteiger partial charge >= 0.3 is 0 Å². The fraction of sp³-hybridized carbons (Fsp3) is 0.0909. The van der Waals surface area contributed by atoms with E-state index in [1.807, 2.05) is 0 Å². The van der Waals surface area contributed by atoms with E-state index in [9.17, 15) is 9.18 Å². The molecule has 2 aromatic rings. The molecular formula is C11H8ClFN2O. The summed E-state index contributed by atoms with van der Waals surface area (Å²) in [5.41, 5.74) is 0.565. The van der Waals surface area contributed by atoms with Crippen LogP contribution in [0.3, 0.4) is 0 Å². The number of nitrogens with zero attached hydrogens (tertiary/aromatic N) is 1. The van der Waals surface area contributed by atoms with Crippen molar-refractivity contribution in [3.63, 3.8) is 0 Å². The first-order chi connectivity index (χ1) is 7.66. The zero-order chi connectivity index (χ0) is 11.5. The highest BCUT2D eigenvalue weighted by Gasteiger charge is 2.08. The zero-order valence-electron chi connectivity index (χ0n) is 8.21. The minimum absolute atomic E-state index is 0.204. The van der Waals surface area contributed by atoms with Crippen LogP contribution in [0.15, 0.2) is 35.4 Å². The van der Waals surface area contributed by atoms with Crippen LogP contribution in [0.1, 0.15) is 11.3 Å². The van der Waals surface area contributed by atoms with Gasteiger partial charge in [0.1, 0.15) is 5.82 Å². The summed E-state index contributed by atoms with van der Waals surface area (Å²) in [6.45, 7) is 0. The first kappa shape index (κ1) is 10.8. The molecule has 0 aliphatic carbocycles. The van der Waals surface area contributed by atoms with E-state index in [1.54, 1.807) is 6.07 Å². The summed E-state index contributed by atoms with van der Waals surface area (Å²) >= 11 is 5.87. The van der Waals surface area contributed by atoms with Gasteiger partial charge in [-0.2, -0.15) is 0 Å². The lowest BCUT2D eigenvalue weighted by Crippen LogP contribution is -2.07. The molecule has 5 heteroatoms. The van der Waals surface area contributed by atoms with Crippen molar-refractivity contribution >= 4 is 11.6 Å². The molecule has 0 saturated carbocycles. The maximum Gasteiger partial charge on any atom is 0.250 e. The number of halogens is 2. The van der Waals surface area contributed by atoms with Crippen molar-refractivity contribution < 1.29 is 4.39 Å². The van der Waals surface area contributed by atoms with Gasteiger partial charge in [0.25, 0.3) is 5.56 Å². The molecule has 82 valence electrons. The van der Waals surface area contributed by atoms with Gasteiger partial charge in [-0.1, -0.05) is 17.7 Å². The highest BCUT2D eigenvalue weighted by Crippen LogP contribution is 2.20. The number of hydrogen-bond acceptors (Lipinski definition) is 2. The normalized spacial score (nSPS) is 10.4.